The summed E-state index contributed by atoms with van der Waals surface area (Å²) >= 11 is 0. The van der Waals surface area contributed by atoms with E-state index in [2.05, 4.69) is 17.4 Å². The van der Waals surface area contributed by atoms with Crippen molar-refractivity contribution in [3.8, 4) is 5.75 Å². The van der Waals surface area contributed by atoms with Gasteiger partial charge in [-0.3, -0.25) is 0 Å². The molecule has 0 bridgehead atoms. The maximum atomic E-state index is 6.30. The van der Waals surface area contributed by atoms with Crippen molar-refractivity contribution in [2.24, 2.45) is 11.7 Å². The van der Waals surface area contributed by atoms with Crippen molar-refractivity contribution in [1.82, 2.24) is 5.32 Å². The van der Waals surface area contributed by atoms with Crippen LogP contribution >= 0.6 is 0 Å². The lowest BCUT2D eigenvalue weighted by Crippen LogP contribution is -2.38. The van der Waals surface area contributed by atoms with Crippen LogP contribution in [0.5, 0.6) is 5.75 Å². The second-order valence-corrected chi connectivity index (χ2v) is 5.14. The Morgan fingerprint density at radius 1 is 1.28 bits per heavy atom. The van der Waals surface area contributed by atoms with Gasteiger partial charge in [-0.25, -0.2) is 0 Å². The molecular weight excluding hydrogens is 224 g/mol. The third-order valence-electron chi connectivity index (χ3n) is 3.91. The molecule has 100 valence electrons. The zero-order valence-electron chi connectivity index (χ0n) is 11.2. The van der Waals surface area contributed by atoms with Crippen LogP contribution in [-0.4, -0.2) is 26.2 Å². The first kappa shape index (κ1) is 13.4. The third-order valence-corrected chi connectivity index (χ3v) is 3.91. The highest BCUT2D eigenvalue weighted by Gasteiger charge is 2.19. The minimum absolute atomic E-state index is 0.342. The van der Waals surface area contributed by atoms with Crippen LogP contribution in [0.25, 0.3) is 0 Å². The van der Waals surface area contributed by atoms with Gasteiger partial charge in [-0.05, 0) is 62.4 Å². The zero-order chi connectivity index (χ0) is 12.8. The average molecular weight is 248 g/mol. The number of benzene rings is 1. The molecule has 1 aliphatic heterocycles. The standard InChI is InChI=1S/C15H24N2O/c1-18-14-5-2-12(3-6-14)4-7-15(16)13-8-10-17-11-9-13/h2-3,5-6,13,15,17H,4,7-11,16H2,1H3. The monoisotopic (exact) mass is 248 g/mol. The van der Waals surface area contributed by atoms with Gasteiger partial charge in [0.25, 0.3) is 0 Å². The molecule has 0 saturated carbocycles. The number of nitrogens with two attached hydrogens (primary N) is 1. The summed E-state index contributed by atoms with van der Waals surface area (Å²) in [4.78, 5) is 0. The van der Waals surface area contributed by atoms with Crippen molar-refractivity contribution in [3.63, 3.8) is 0 Å². The molecule has 1 aromatic rings. The maximum absolute atomic E-state index is 6.30. The van der Waals surface area contributed by atoms with E-state index in [1.54, 1.807) is 7.11 Å². The molecule has 18 heavy (non-hydrogen) atoms. The molecule has 3 nitrogen and oxygen atoms in total. The highest BCUT2D eigenvalue weighted by Crippen LogP contribution is 2.19. The fourth-order valence-electron chi connectivity index (χ4n) is 2.63. The van der Waals surface area contributed by atoms with Crippen molar-refractivity contribution in [2.75, 3.05) is 20.2 Å². The third kappa shape index (κ3) is 3.72. The first-order valence-corrected chi connectivity index (χ1v) is 6.89. The molecule has 0 radical (unpaired) electrons. The fourth-order valence-corrected chi connectivity index (χ4v) is 2.63. The van der Waals surface area contributed by atoms with E-state index in [9.17, 15) is 0 Å². The Labute approximate surface area is 110 Å². The SMILES string of the molecule is COc1ccc(CCC(N)C2CCNCC2)cc1. The van der Waals surface area contributed by atoms with Gasteiger partial charge in [0, 0.05) is 6.04 Å². The Bertz CT molecular complexity index is 344. The summed E-state index contributed by atoms with van der Waals surface area (Å²) in [5.74, 6) is 1.62. The van der Waals surface area contributed by atoms with Crippen LogP contribution in [0.15, 0.2) is 24.3 Å². The van der Waals surface area contributed by atoms with E-state index in [4.69, 9.17) is 10.5 Å². The predicted molar refractivity (Wildman–Crippen MR) is 74.9 cm³/mol. The normalized spacial score (nSPS) is 18.6. The molecule has 1 aliphatic rings. The summed E-state index contributed by atoms with van der Waals surface area (Å²) in [7, 11) is 1.70. The Morgan fingerprint density at radius 2 is 1.94 bits per heavy atom. The van der Waals surface area contributed by atoms with Gasteiger partial charge in [-0.1, -0.05) is 12.1 Å². The second-order valence-electron chi connectivity index (χ2n) is 5.14. The molecule has 1 aromatic carbocycles. The number of ether oxygens (including phenoxy) is 1. The van der Waals surface area contributed by atoms with E-state index in [1.807, 2.05) is 12.1 Å². The van der Waals surface area contributed by atoms with Gasteiger partial charge in [0.1, 0.15) is 5.75 Å². The Kier molecular flexibility index (Phi) is 5.02. The number of nitrogens with one attached hydrogen (secondary N) is 1. The molecule has 0 aromatic heterocycles. The highest BCUT2D eigenvalue weighted by atomic mass is 16.5. The van der Waals surface area contributed by atoms with Crippen LogP contribution in [0.3, 0.4) is 0 Å². The molecule has 1 saturated heterocycles. The number of hydrogen-bond acceptors (Lipinski definition) is 3. The van der Waals surface area contributed by atoms with E-state index in [0.717, 1.165) is 31.7 Å². The fraction of sp³-hybridized carbons (Fsp3) is 0.600. The second kappa shape index (κ2) is 6.76. The van der Waals surface area contributed by atoms with Crippen LogP contribution in [0.1, 0.15) is 24.8 Å². The number of rotatable bonds is 5. The molecule has 1 fully saturated rings. The smallest absolute Gasteiger partial charge is 0.118 e. The van der Waals surface area contributed by atoms with Gasteiger partial charge in [-0.15, -0.1) is 0 Å². The quantitative estimate of drug-likeness (QED) is 0.837. The maximum Gasteiger partial charge on any atom is 0.118 e. The number of piperidine rings is 1. The van der Waals surface area contributed by atoms with Gasteiger partial charge in [0.2, 0.25) is 0 Å². The Balaban J connectivity index is 1.78. The van der Waals surface area contributed by atoms with Crippen molar-refractivity contribution in [1.29, 1.82) is 0 Å². The molecule has 2 rings (SSSR count). The summed E-state index contributed by atoms with van der Waals surface area (Å²) in [6.07, 6.45) is 4.60. The molecule has 1 heterocycles. The van der Waals surface area contributed by atoms with Crippen molar-refractivity contribution in [3.05, 3.63) is 29.8 Å². The molecule has 3 N–H and O–H groups in total. The topological polar surface area (TPSA) is 47.3 Å². The van der Waals surface area contributed by atoms with E-state index in [-0.39, 0.29) is 0 Å². The first-order chi connectivity index (χ1) is 8.79. The lowest BCUT2D eigenvalue weighted by atomic mass is 9.87. The van der Waals surface area contributed by atoms with Crippen LogP contribution in [0.4, 0.5) is 0 Å². The molecule has 1 unspecified atom stereocenters. The highest BCUT2D eigenvalue weighted by molar-refractivity contribution is 5.27. The van der Waals surface area contributed by atoms with Gasteiger partial charge < -0.3 is 15.8 Å². The van der Waals surface area contributed by atoms with Crippen molar-refractivity contribution in [2.45, 2.75) is 31.7 Å². The number of hydrogen-bond donors (Lipinski definition) is 2. The zero-order valence-corrected chi connectivity index (χ0v) is 11.2. The summed E-state index contributed by atoms with van der Waals surface area (Å²) in [5, 5.41) is 3.39. The molecule has 3 heteroatoms. The van der Waals surface area contributed by atoms with Crippen LogP contribution in [-0.2, 0) is 6.42 Å². The predicted octanol–water partition coefficient (Wildman–Crippen LogP) is 1.95. The average Bonchev–Trinajstić information content (AvgIpc) is 2.46. The number of aryl methyl sites for hydroxylation is 1. The van der Waals surface area contributed by atoms with Gasteiger partial charge in [0.05, 0.1) is 7.11 Å². The van der Waals surface area contributed by atoms with Crippen molar-refractivity contribution >= 4 is 0 Å². The molecular formula is C15H24N2O. The van der Waals surface area contributed by atoms with E-state index < -0.39 is 0 Å². The molecule has 0 aliphatic carbocycles. The van der Waals surface area contributed by atoms with E-state index in [0.29, 0.717) is 12.0 Å². The van der Waals surface area contributed by atoms with Gasteiger partial charge in [0.15, 0.2) is 0 Å². The minimum atomic E-state index is 0.342. The van der Waals surface area contributed by atoms with Crippen LogP contribution in [0.2, 0.25) is 0 Å². The van der Waals surface area contributed by atoms with E-state index in [1.165, 1.54) is 18.4 Å². The Morgan fingerprint density at radius 3 is 2.56 bits per heavy atom. The first-order valence-electron chi connectivity index (χ1n) is 6.89. The van der Waals surface area contributed by atoms with Crippen LogP contribution < -0.4 is 15.8 Å². The molecule has 0 amide bonds. The Hall–Kier alpha value is -1.06. The van der Waals surface area contributed by atoms with Gasteiger partial charge in [-0.2, -0.15) is 0 Å². The van der Waals surface area contributed by atoms with Crippen LogP contribution in [0, 0.1) is 5.92 Å². The summed E-state index contributed by atoms with van der Waals surface area (Å²) in [6, 6.07) is 8.65. The van der Waals surface area contributed by atoms with Crippen molar-refractivity contribution < 1.29 is 4.74 Å². The number of methoxy groups -OCH3 is 1. The summed E-state index contributed by atoms with van der Waals surface area (Å²) in [6.45, 7) is 2.25. The van der Waals surface area contributed by atoms with E-state index >= 15 is 0 Å². The summed E-state index contributed by atoms with van der Waals surface area (Å²) < 4.78 is 5.16. The van der Waals surface area contributed by atoms with Gasteiger partial charge >= 0.3 is 0 Å². The largest absolute Gasteiger partial charge is 0.497 e. The lowest BCUT2D eigenvalue weighted by Gasteiger charge is -2.28. The molecule has 1 atom stereocenters. The lowest BCUT2D eigenvalue weighted by molar-refractivity contribution is 0.307. The minimum Gasteiger partial charge on any atom is -0.497 e. The summed E-state index contributed by atoms with van der Waals surface area (Å²) in [5.41, 5.74) is 7.65. The molecule has 0 spiro atoms.